The number of hydrogen-bond donors (Lipinski definition) is 1. The topological polar surface area (TPSA) is 43.1 Å². The summed E-state index contributed by atoms with van der Waals surface area (Å²) in [7, 11) is 17.4. The molecule has 84 valence electrons. The Labute approximate surface area is 115 Å². The van der Waals surface area contributed by atoms with Crippen molar-refractivity contribution < 1.29 is 4.79 Å². The van der Waals surface area contributed by atoms with E-state index in [1.54, 1.807) is 24.3 Å². The molecule has 18 heavy (non-hydrogen) atoms. The van der Waals surface area contributed by atoms with E-state index in [2.05, 4.69) is 0 Å². The molecule has 2 N–H and O–H groups in total. The number of hydrogen-bond acceptors (Lipinski definition) is 2. The first-order chi connectivity index (χ1) is 8.27. The van der Waals surface area contributed by atoms with Gasteiger partial charge in [0.05, 0.1) is 15.7 Å². The number of allylic oxidation sites excluding steroid dienone is 1. The second-order valence-corrected chi connectivity index (χ2v) is 5.04. The highest BCUT2D eigenvalue weighted by atomic mass is 35.5. The van der Waals surface area contributed by atoms with Crippen LogP contribution in [0.15, 0.2) is 35.8 Å². The molecule has 0 fully saturated rings. The Hall–Kier alpha value is -0.925. The van der Waals surface area contributed by atoms with Gasteiger partial charge >= 0.3 is 0 Å². The van der Waals surface area contributed by atoms with Crippen LogP contribution in [0.5, 0.6) is 0 Å². The average Bonchev–Trinajstić information content (AvgIpc) is 2.27. The van der Waals surface area contributed by atoms with Gasteiger partial charge in [0.2, 0.25) is 0 Å². The van der Waals surface area contributed by atoms with Gasteiger partial charge in [0.1, 0.15) is 13.4 Å². The van der Waals surface area contributed by atoms with E-state index < -0.39 is 10.8 Å². The van der Waals surface area contributed by atoms with Crippen molar-refractivity contribution in [3.63, 3.8) is 0 Å². The molecule has 1 atom stereocenters. The molecule has 2 nitrogen and oxygen atoms in total. The first-order valence-corrected chi connectivity index (χ1v) is 5.79. The molecule has 1 aliphatic carbocycles. The third kappa shape index (κ3) is 2.06. The molecular weight excluding hydrogens is 242 g/mol. The maximum absolute atomic E-state index is 12.1. The van der Waals surface area contributed by atoms with Crippen molar-refractivity contribution in [1.82, 2.24) is 0 Å². The highest BCUT2D eigenvalue weighted by Crippen LogP contribution is 2.44. The monoisotopic (exact) mass is 251 g/mol. The fraction of sp³-hybridized carbons (Fsp3) is 0.250. The van der Waals surface area contributed by atoms with Gasteiger partial charge in [-0.1, -0.05) is 35.0 Å². The largest absolute Gasteiger partial charge is 0.315 e. The van der Waals surface area contributed by atoms with Gasteiger partial charge in [-0.25, -0.2) is 0 Å². The van der Waals surface area contributed by atoms with Gasteiger partial charge in [-0.3, -0.25) is 4.79 Å². The molecule has 0 spiro atoms. The summed E-state index contributed by atoms with van der Waals surface area (Å²) in [5.74, 6) is -0.348. The van der Waals surface area contributed by atoms with Crippen LogP contribution in [0.2, 0.25) is 10.2 Å². The molecule has 2 rings (SSSR count). The third-order valence-electron chi connectivity index (χ3n) is 3.19. The van der Waals surface area contributed by atoms with E-state index in [1.807, 2.05) is 0 Å². The van der Waals surface area contributed by atoms with Gasteiger partial charge in [-0.2, -0.15) is 0 Å². The lowest BCUT2D eigenvalue weighted by molar-refractivity contribution is -0.120. The SMILES string of the molecule is [B]C1=CC(=O)C(N)(c2ccccc2Cl)CC1([B])[B]. The molecule has 0 aromatic heterocycles. The summed E-state index contributed by atoms with van der Waals surface area (Å²) in [4.78, 5) is 12.1. The van der Waals surface area contributed by atoms with E-state index >= 15 is 0 Å². The summed E-state index contributed by atoms with van der Waals surface area (Å²) in [6.45, 7) is 0. The van der Waals surface area contributed by atoms with Crippen molar-refractivity contribution in [1.29, 1.82) is 0 Å². The fourth-order valence-corrected chi connectivity index (χ4v) is 2.41. The quantitative estimate of drug-likeness (QED) is 0.756. The molecule has 6 radical (unpaired) electrons. The Morgan fingerprint density at radius 3 is 2.50 bits per heavy atom. The smallest absolute Gasteiger partial charge is 0.179 e. The van der Waals surface area contributed by atoms with Crippen LogP contribution in [0.3, 0.4) is 0 Å². The third-order valence-corrected chi connectivity index (χ3v) is 3.52. The number of benzene rings is 1. The Morgan fingerprint density at radius 2 is 1.89 bits per heavy atom. The Balaban J connectivity index is 2.57. The van der Waals surface area contributed by atoms with Gasteiger partial charge in [0, 0.05) is 5.02 Å². The maximum Gasteiger partial charge on any atom is 0.179 e. The molecule has 0 saturated carbocycles. The predicted molar refractivity (Wildman–Crippen MR) is 75.0 cm³/mol. The first kappa shape index (κ1) is 13.5. The molecule has 1 unspecified atom stereocenters. The lowest BCUT2D eigenvalue weighted by Crippen LogP contribution is -2.50. The van der Waals surface area contributed by atoms with Gasteiger partial charge in [-0.05, 0) is 24.1 Å². The lowest BCUT2D eigenvalue weighted by Gasteiger charge is -2.42. The van der Waals surface area contributed by atoms with Crippen molar-refractivity contribution in [2.75, 3.05) is 0 Å². The zero-order valence-corrected chi connectivity index (χ0v) is 10.4. The van der Waals surface area contributed by atoms with Crippen LogP contribution in [0.4, 0.5) is 0 Å². The van der Waals surface area contributed by atoms with Crippen LogP contribution < -0.4 is 5.73 Å². The summed E-state index contributed by atoms with van der Waals surface area (Å²) < 4.78 is 0. The van der Waals surface area contributed by atoms with E-state index in [-0.39, 0.29) is 17.7 Å². The van der Waals surface area contributed by atoms with Crippen molar-refractivity contribution >= 4 is 40.9 Å². The maximum atomic E-state index is 12.1. The molecule has 0 bridgehead atoms. The summed E-state index contributed by atoms with van der Waals surface area (Å²) in [5, 5.41) is -0.917. The zero-order chi connectivity index (χ0) is 13.6. The summed E-state index contributed by atoms with van der Waals surface area (Å²) in [6.07, 6.45) is 1.19. The zero-order valence-electron chi connectivity index (χ0n) is 9.69. The standard InChI is InChI=1S/C12H9B3ClNO/c13-9-5-10(18)11(17,6-12(9,14)15)7-3-1-2-4-8(7)16/h1-5H,6,17H2. The molecular formula is C12H9B3ClNO. The lowest BCUT2D eigenvalue weighted by atomic mass is 9.41. The number of rotatable bonds is 1. The van der Waals surface area contributed by atoms with Gasteiger partial charge in [0.15, 0.2) is 5.78 Å². The minimum Gasteiger partial charge on any atom is -0.315 e. The molecule has 0 amide bonds. The van der Waals surface area contributed by atoms with Crippen molar-refractivity contribution in [3.05, 3.63) is 46.4 Å². The molecule has 0 aliphatic heterocycles. The highest BCUT2D eigenvalue weighted by molar-refractivity contribution is 6.49. The number of halogens is 1. The highest BCUT2D eigenvalue weighted by Gasteiger charge is 2.44. The minimum atomic E-state index is -1.34. The van der Waals surface area contributed by atoms with Crippen LogP contribution in [0, 0.1) is 0 Å². The molecule has 0 saturated heterocycles. The average molecular weight is 251 g/mol. The second-order valence-electron chi connectivity index (χ2n) is 4.63. The summed E-state index contributed by atoms with van der Waals surface area (Å²) >= 11 is 6.08. The van der Waals surface area contributed by atoms with Gasteiger partial charge < -0.3 is 5.73 Å². The van der Waals surface area contributed by atoms with Gasteiger partial charge in [-0.15, -0.1) is 5.47 Å². The fourth-order valence-electron chi connectivity index (χ4n) is 2.11. The van der Waals surface area contributed by atoms with Crippen molar-refractivity contribution in [2.24, 2.45) is 5.73 Å². The normalized spacial score (nSPS) is 26.8. The Kier molecular flexibility index (Phi) is 3.24. The van der Waals surface area contributed by atoms with E-state index in [1.165, 1.54) is 6.08 Å². The Morgan fingerprint density at radius 1 is 1.28 bits per heavy atom. The molecule has 0 heterocycles. The summed E-state index contributed by atoms with van der Waals surface area (Å²) in [5.41, 5.74) is 5.45. The molecule has 1 aliphatic rings. The molecule has 1 aromatic carbocycles. The predicted octanol–water partition coefficient (Wildman–Crippen LogP) is 0.972. The van der Waals surface area contributed by atoms with E-state index in [4.69, 9.17) is 40.9 Å². The first-order valence-electron chi connectivity index (χ1n) is 5.41. The number of ketones is 1. The number of carbonyl (C=O) groups is 1. The summed E-state index contributed by atoms with van der Waals surface area (Å²) in [6, 6.07) is 6.85. The molecule has 6 heteroatoms. The van der Waals surface area contributed by atoms with Crippen LogP contribution >= 0.6 is 11.6 Å². The second kappa shape index (κ2) is 4.32. The van der Waals surface area contributed by atoms with Crippen LogP contribution in [0.25, 0.3) is 0 Å². The Bertz CT molecular complexity index is 544. The van der Waals surface area contributed by atoms with Crippen LogP contribution in [-0.4, -0.2) is 29.3 Å². The van der Waals surface area contributed by atoms with E-state index in [0.717, 1.165) is 0 Å². The van der Waals surface area contributed by atoms with Crippen molar-refractivity contribution in [3.8, 4) is 0 Å². The van der Waals surface area contributed by atoms with E-state index in [9.17, 15) is 4.79 Å². The number of nitrogens with two attached hydrogens (primary N) is 1. The van der Waals surface area contributed by atoms with E-state index in [0.29, 0.717) is 10.6 Å². The van der Waals surface area contributed by atoms with Crippen LogP contribution in [0.1, 0.15) is 12.0 Å². The number of carbonyl (C=O) groups excluding carboxylic acids is 1. The van der Waals surface area contributed by atoms with Crippen molar-refractivity contribution in [2.45, 2.75) is 17.2 Å². The molecule has 1 aromatic rings. The van der Waals surface area contributed by atoms with Gasteiger partial charge in [0.25, 0.3) is 0 Å². The minimum absolute atomic E-state index is 0.00486. The van der Waals surface area contributed by atoms with Crippen LogP contribution in [-0.2, 0) is 10.3 Å².